The van der Waals surface area contributed by atoms with Crippen molar-refractivity contribution in [3.05, 3.63) is 12.2 Å². The molecule has 0 fully saturated rings. The van der Waals surface area contributed by atoms with E-state index in [0.717, 1.165) is 38.5 Å². The number of esters is 1. The molecule has 0 saturated carbocycles. The molecule has 0 aromatic rings. The quantitative estimate of drug-likeness (QED) is 0.0848. The molecule has 0 bridgehead atoms. The summed E-state index contributed by atoms with van der Waals surface area (Å²) in [4.78, 5) is 34.1. The first-order valence-corrected chi connectivity index (χ1v) is 13.9. The zero-order valence-corrected chi connectivity index (χ0v) is 21.3. The van der Waals surface area contributed by atoms with Gasteiger partial charge in [-0.25, -0.2) is 0 Å². The van der Waals surface area contributed by atoms with Crippen molar-refractivity contribution >= 4 is 28.0 Å². The van der Waals surface area contributed by atoms with Crippen molar-refractivity contribution in [1.82, 2.24) is 5.32 Å². The number of allylic oxidation sites excluding steroid dienone is 2. The number of carbonyl (C=O) groups excluding carboxylic acids is 2. The van der Waals surface area contributed by atoms with Crippen molar-refractivity contribution in [3.8, 4) is 0 Å². The van der Waals surface area contributed by atoms with E-state index in [-0.39, 0.29) is 19.1 Å². The fourth-order valence-corrected chi connectivity index (χ4v) is 4.01. The van der Waals surface area contributed by atoms with Crippen LogP contribution < -0.4 is 5.32 Å². The number of carbonyl (C=O) groups is 3. The highest BCUT2D eigenvalue weighted by atomic mass is 32.2. The zero-order chi connectivity index (χ0) is 25.7. The number of hydrogen-bond acceptors (Lipinski definition) is 6. The van der Waals surface area contributed by atoms with Crippen molar-refractivity contribution in [2.75, 3.05) is 13.2 Å². The second-order valence-corrected chi connectivity index (χ2v) is 10.1. The third-order valence-corrected chi connectivity index (χ3v) is 6.39. The van der Waals surface area contributed by atoms with Gasteiger partial charge in [-0.3, -0.25) is 18.9 Å². The molecule has 3 N–H and O–H groups in total. The Morgan fingerprint density at radius 1 is 0.882 bits per heavy atom. The van der Waals surface area contributed by atoms with Crippen LogP contribution in [0.3, 0.4) is 0 Å². The highest BCUT2D eigenvalue weighted by Gasteiger charge is 2.34. The Hall–Kier alpha value is -1.94. The molecular weight excluding hydrogens is 462 g/mol. The van der Waals surface area contributed by atoms with E-state index >= 15 is 0 Å². The topological polar surface area (TPSA) is 147 Å². The number of rotatable bonds is 22. The molecule has 0 saturated heterocycles. The third-order valence-electron chi connectivity index (χ3n) is 5.32. The lowest BCUT2D eigenvalue weighted by Gasteiger charge is -2.12. The monoisotopic (exact) mass is 505 g/mol. The SMILES string of the molecule is CCCCCCCC/C=C/CCCCCCCC(=O)NCCOC(=O)C(CC(=O)O)S(=O)(=O)O. The van der Waals surface area contributed by atoms with E-state index in [4.69, 9.17) is 9.66 Å². The van der Waals surface area contributed by atoms with E-state index in [2.05, 4.69) is 29.1 Å². The minimum absolute atomic E-state index is 0.0269. The standard InChI is InChI=1S/C24H43NO8S/c1-2-3-4-5-6-7-8-9-10-11-12-13-14-15-16-17-22(26)25-18-19-33-24(29)21(20-23(27)28)34(30,31)32/h9-10,21H,2-8,11-20H2,1H3,(H,25,26)(H,27,28)(H,30,31,32)/b10-9+. The summed E-state index contributed by atoms with van der Waals surface area (Å²) in [7, 11) is -4.89. The Morgan fingerprint density at radius 2 is 1.41 bits per heavy atom. The number of nitrogens with one attached hydrogen (secondary N) is 1. The summed E-state index contributed by atoms with van der Waals surface area (Å²) in [6.45, 7) is 1.89. The van der Waals surface area contributed by atoms with E-state index in [1.807, 2.05) is 0 Å². The number of carboxylic acid groups (broad SMARTS) is 1. The summed E-state index contributed by atoms with van der Waals surface area (Å²) in [5, 5.41) is 9.00. The van der Waals surface area contributed by atoms with Crippen LogP contribution >= 0.6 is 0 Å². The molecule has 0 aromatic heterocycles. The molecule has 34 heavy (non-hydrogen) atoms. The van der Waals surface area contributed by atoms with Crippen LogP contribution in [0.2, 0.25) is 0 Å². The van der Waals surface area contributed by atoms with Gasteiger partial charge in [-0.05, 0) is 32.1 Å². The number of ether oxygens (including phenoxy) is 1. The Kier molecular flexibility index (Phi) is 19.3. The summed E-state index contributed by atoms with van der Waals surface area (Å²) in [5.74, 6) is -3.13. The molecule has 0 spiro atoms. The third kappa shape index (κ3) is 19.5. The lowest BCUT2D eigenvalue weighted by molar-refractivity contribution is -0.147. The van der Waals surface area contributed by atoms with Gasteiger partial charge in [0, 0.05) is 6.42 Å². The Labute approximate surface area is 204 Å². The van der Waals surface area contributed by atoms with Crippen LogP contribution in [0.5, 0.6) is 0 Å². The van der Waals surface area contributed by atoms with E-state index in [1.54, 1.807) is 0 Å². The molecule has 0 radical (unpaired) electrons. The molecule has 1 unspecified atom stereocenters. The molecule has 0 aliphatic rings. The molecule has 1 atom stereocenters. The number of hydrogen-bond donors (Lipinski definition) is 3. The van der Waals surface area contributed by atoms with Gasteiger partial charge in [0.25, 0.3) is 10.1 Å². The van der Waals surface area contributed by atoms with Crippen molar-refractivity contribution in [2.24, 2.45) is 0 Å². The van der Waals surface area contributed by atoms with Crippen molar-refractivity contribution < 1.29 is 37.2 Å². The molecule has 9 nitrogen and oxygen atoms in total. The molecular formula is C24H43NO8S. The van der Waals surface area contributed by atoms with E-state index in [9.17, 15) is 22.8 Å². The van der Waals surface area contributed by atoms with Crippen LogP contribution in [0.4, 0.5) is 0 Å². The Balaban J connectivity index is 3.65. The van der Waals surface area contributed by atoms with Crippen LogP contribution in [0.1, 0.15) is 103 Å². The average molecular weight is 506 g/mol. The molecule has 0 heterocycles. The lowest BCUT2D eigenvalue weighted by atomic mass is 10.1. The maximum Gasteiger partial charge on any atom is 0.327 e. The van der Waals surface area contributed by atoms with Crippen molar-refractivity contribution in [3.63, 3.8) is 0 Å². The van der Waals surface area contributed by atoms with Crippen LogP contribution in [0, 0.1) is 0 Å². The van der Waals surface area contributed by atoms with Crippen LogP contribution in [-0.4, -0.2) is 54.3 Å². The highest BCUT2D eigenvalue weighted by Crippen LogP contribution is 2.10. The smallest absolute Gasteiger partial charge is 0.327 e. The number of aliphatic carboxylic acids is 1. The normalized spacial score (nSPS) is 12.5. The van der Waals surface area contributed by atoms with E-state index < -0.39 is 33.7 Å². The second kappa shape index (κ2) is 20.4. The number of amides is 1. The average Bonchev–Trinajstić information content (AvgIpc) is 2.76. The maximum atomic E-state index is 11.8. The maximum absolute atomic E-state index is 11.8. The van der Waals surface area contributed by atoms with Gasteiger partial charge in [-0.2, -0.15) is 8.42 Å². The van der Waals surface area contributed by atoms with Crippen LogP contribution in [-0.2, 0) is 29.2 Å². The molecule has 0 aliphatic carbocycles. The summed E-state index contributed by atoms with van der Waals surface area (Å²) < 4.78 is 35.8. The van der Waals surface area contributed by atoms with Gasteiger partial charge in [-0.15, -0.1) is 0 Å². The first kappa shape index (κ1) is 32.1. The van der Waals surface area contributed by atoms with Gasteiger partial charge in [0.1, 0.15) is 6.61 Å². The van der Waals surface area contributed by atoms with Gasteiger partial charge in [0.15, 0.2) is 5.25 Å². The minimum atomic E-state index is -4.89. The lowest BCUT2D eigenvalue weighted by Crippen LogP contribution is -2.36. The predicted molar refractivity (Wildman–Crippen MR) is 131 cm³/mol. The largest absolute Gasteiger partial charge is 0.481 e. The van der Waals surface area contributed by atoms with Crippen LogP contribution in [0.15, 0.2) is 12.2 Å². The van der Waals surface area contributed by atoms with Gasteiger partial charge in [-0.1, -0.05) is 70.4 Å². The Bertz CT molecular complexity index is 706. The summed E-state index contributed by atoms with van der Waals surface area (Å²) in [6, 6.07) is 0. The molecule has 198 valence electrons. The molecule has 0 aliphatic heterocycles. The predicted octanol–water partition coefficient (Wildman–Crippen LogP) is 4.41. The first-order valence-electron chi connectivity index (χ1n) is 12.4. The van der Waals surface area contributed by atoms with Gasteiger partial charge >= 0.3 is 11.9 Å². The zero-order valence-electron chi connectivity index (χ0n) is 20.5. The van der Waals surface area contributed by atoms with E-state index in [0.29, 0.717) is 6.42 Å². The fraction of sp³-hybridized carbons (Fsp3) is 0.792. The molecule has 10 heteroatoms. The molecule has 0 aromatic carbocycles. The van der Waals surface area contributed by atoms with Crippen molar-refractivity contribution in [2.45, 2.75) is 108 Å². The molecule has 1 amide bonds. The van der Waals surface area contributed by atoms with Gasteiger partial charge in [0.2, 0.25) is 5.91 Å². The number of unbranched alkanes of at least 4 members (excludes halogenated alkanes) is 11. The summed E-state index contributed by atoms with van der Waals surface area (Å²) in [6.07, 6.45) is 19.1. The Morgan fingerprint density at radius 3 is 1.94 bits per heavy atom. The fourth-order valence-electron chi connectivity index (χ4n) is 3.35. The highest BCUT2D eigenvalue weighted by molar-refractivity contribution is 7.87. The van der Waals surface area contributed by atoms with E-state index in [1.165, 1.54) is 44.9 Å². The first-order chi connectivity index (χ1) is 16.2. The summed E-state index contributed by atoms with van der Waals surface area (Å²) >= 11 is 0. The minimum Gasteiger partial charge on any atom is -0.481 e. The summed E-state index contributed by atoms with van der Waals surface area (Å²) in [5.41, 5.74) is 0. The van der Waals surface area contributed by atoms with Crippen LogP contribution in [0.25, 0.3) is 0 Å². The van der Waals surface area contributed by atoms with Gasteiger partial charge in [0.05, 0.1) is 13.0 Å². The second-order valence-electron chi connectivity index (χ2n) is 8.45. The van der Waals surface area contributed by atoms with Gasteiger partial charge < -0.3 is 15.2 Å². The number of carboxylic acids is 1. The van der Waals surface area contributed by atoms with Crippen molar-refractivity contribution in [1.29, 1.82) is 0 Å². The molecule has 0 rings (SSSR count).